The van der Waals surface area contributed by atoms with E-state index in [-0.39, 0.29) is 24.1 Å². The number of β-amino-alcohol motifs (C(OH)–C–C–N with tert-alkyl or cyclic N) is 1. The summed E-state index contributed by atoms with van der Waals surface area (Å²) in [5, 5.41) is 29.4. The van der Waals surface area contributed by atoms with Gasteiger partial charge < -0.3 is 15.3 Å². The first-order valence-electron chi connectivity index (χ1n) is 9.46. The monoisotopic (exact) mass is 374 g/mol. The summed E-state index contributed by atoms with van der Waals surface area (Å²) in [6, 6.07) is 9.99. The van der Waals surface area contributed by atoms with Crippen LogP contribution in [0.5, 0.6) is 5.75 Å². The molecule has 0 aliphatic carbocycles. The van der Waals surface area contributed by atoms with E-state index in [0.717, 1.165) is 31.5 Å². The minimum absolute atomic E-state index is 0.0717. The zero-order valence-electron chi connectivity index (χ0n) is 15.3. The van der Waals surface area contributed by atoms with Crippen LogP contribution in [0.15, 0.2) is 42.6 Å². The van der Waals surface area contributed by atoms with Gasteiger partial charge in [0.15, 0.2) is 0 Å². The van der Waals surface area contributed by atoms with E-state index in [1.54, 1.807) is 12.1 Å². The van der Waals surface area contributed by atoms with Gasteiger partial charge in [-0.1, -0.05) is 18.2 Å². The van der Waals surface area contributed by atoms with E-state index in [9.17, 15) is 19.7 Å². The zero-order chi connectivity index (χ0) is 19.2. The number of benzene rings is 1. The molecule has 1 aromatic heterocycles. The van der Waals surface area contributed by atoms with Crippen molar-refractivity contribution in [3.63, 3.8) is 0 Å². The van der Waals surface area contributed by atoms with Crippen LogP contribution in [0.2, 0.25) is 0 Å². The average molecular weight is 374 g/mol. The molecule has 0 radical (unpaired) electrons. The number of aliphatic hydroxyl groups is 2. The van der Waals surface area contributed by atoms with Crippen molar-refractivity contribution >= 4 is 0 Å². The number of aryl methyl sites for hydroxylation is 1. The Morgan fingerprint density at radius 1 is 1.15 bits per heavy atom. The lowest BCUT2D eigenvalue weighted by Crippen LogP contribution is -2.27. The average Bonchev–Trinajstić information content (AvgIpc) is 3.05. The third-order valence-electron chi connectivity index (χ3n) is 5.41. The first-order valence-corrected chi connectivity index (χ1v) is 9.46. The minimum atomic E-state index is -0.734. The van der Waals surface area contributed by atoms with Crippen LogP contribution in [0, 0.1) is 17.7 Å². The van der Waals surface area contributed by atoms with Gasteiger partial charge in [-0.2, -0.15) is 0 Å². The maximum absolute atomic E-state index is 13.7. The second-order valence-electron chi connectivity index (χ2n) is 7.36. The number of pyridine rings is 1. The van der Waals surface area contributed by atoms with Gasteiger partial charge in [-0.15, -0.1) is 0 Å². The molecule has 1 fully saturated rings. The van der Waals surface area contributed by atoms with Gasteiger partial charge in [0.05, 0.1) is 11.9 Å². The molecule has 0 amide bonds. The fourth-order valence-electron chi connectivity index (χ4n) is 3.91. The molecule has 3 N–H and O–H groups in total. The van der Waals surface area contributed by atoms with Crippen molar-refractivity contribution in [2.45, 2.75) is 25.4 Å². The molecule has 1 saturated heterocycles. The van der Waals surface area contributed by atoms with E-state index in [0.29, 0.717) is 24.6 Å². The predicted molar refractivity (Wildman–Crippen MR) is 101 cm³/mol. The summed E-state index contributed by atoms with van der Waals surface area (Å²) >= 11 is 0. The van der Waals surface area contributed by atoms with Gasteiger partial charge in [-0.3, -0.25) is 9.88 Å². The Labute approximate surface area is 159 Å². The van der Waals surface area contributed by atoms with E-state index in [1.165, 1.54) is 18.3 Å². The van der Waals surface area contributed by atoms with Crippen molar-refractivity contribution in [3.05, 3.63) is 59.7 Å². The molecule has 1 aliphatic rings. The molecule has 146 valence electrons. The highest BCUT2D eigenvalue weighted by Crippen LogP contribution is 2.29. The SMILES string of the molecule is OCC1CN(CC(O)c2ccc(O)cn2)CC1CCCc1ccccc1F. The van der Waals surface area contributed by atoms with E-state index in [4.69, 9.17) is 0 Å². The van der Waals surface area contributed by atoms with E-state index in [1.807, 2.05) is 12.1 Å². The number of aromatic nitrogens is 1. The standard InChI is InChI=1S/C21H27FN2O3/c22-19-7-2-1-4-15(19)5-3-6-16-11-24(12-17(16)14-25)13-21(27)20-9-8-18(26)10-23-20/h1-2,4,7-10,16-17,21,25-27H,3,5-6,11-14H2. The number of likely N-dealkylation sites (tertiary alicyclic amines) is 1. The number of aromatic hydroxyl groups is 1. The van der Waals surface area contributed by atoms with Gasteiger partial charge in [0, 0.05) is 26.2 Å². The highest BCUT2D eigenvalue weighted by Gasteiger charge is 2.32. The lowest BCUT2D eigenvalue weighted by molar-refractivity contribution is 0.117. The van der Waals surface area contributed by atoms with E-state index < -0.39 is 6.10 Å². The summed E-state index contributed by atoms with van der Waals surface area (Å²) in [7, 11) is 0. The lowest BCUT2D eigenvalue weighted by atomic mass is 9.91. The van der Waals surface area contributed by atoms with Crippen LogP contribution in [0.3, 0.4) is 0 Å². The van der Waals surface area contributed by atoms with Gasteiger partial charge >= 0.3 is 0 Å². The van der Waals surface area contributed by atoms with Crippen molar-refractivity contribution in [1.29, 1.82) is 0 Å². The molecule has 0 bridgehead atoms. The third kappa shape index (κ3) is 5.25. The first-order chi connectivity index (χ1) is 13.1. The second-order valence-corrected chi connectivity index (χ2v) is 7.36. The van der Waals surface area contributed by atoms with Crippen molar-refractivity contribution in [3.8, 4) is 5.75 Å². The smallest absolute Gasteiger partial charge is 0.133 e. The maximum Gasteiger partial charge on any atom is 0.133 e. The number of aliphatic hydroxyl groups excluding tert-OH is 2. The molecule has 3 rings (SSSR count). The Morgan fingerprint density at radius 2 is 1.93 bits per heavy atom. The molecular formula is C21H27FN2O3. The number of rotatable bonds is 8. The molecule has 6 heteroatoms. The third-order valence-corrected chi connectivity index (χ3v) is 5.41. The zero-order valence-corrected chi connectivity index (χ0v) is 15.3. The van der Waals surface area contributed by atoms with Crippen molar-refractivity contribution in [1.82, 2.24) is 9.88 Å². The summed E-state index contributed by atoms with van der Waals surface area (Å²) in [6.45, 7) is 2.10. The normalized spacial score (nSPS) is 21.4. The molecule has 0 spiro atoms. The molecule has 3 unspecified atom stereocenters. The Kier molecular flexibility index (Phi) is 6.77. The van der Waals surface area contributed by atoms with Gasteiger partial charge in [0.1, 0.15) is 17.7 Å². The molecular weight excluding hydrogens is 347 g/mol. The van der Waals surface area contributed by atoms with E-state index >= 15 is 0 Å². The number of halogens is 1. The van der Waals surface area contributed by atoms with Gasteiger partial charge in [0.2, 0.25) is 0 Å². The highest BCUT2D eigenvalue weighted by atomic mass is 19.1. The Hall–Kier alpha value is -2.02. The van der Waals surface area contributed by atoms with Crippen molar-refractivity contribution in [2.24, 2.45) is 11.8 Å². The fourth-order valence-corrected chi connectivity index (χ4v) is 3.91. The fraction of sp³-hybridized carbons (Fsp3) is 0.476. The van der Waals surface area contributed by atoms with Gasteiger partial charge in [0.25, 0.3) is 0 Å². The summed E-state index contributed by atoms with van der Waals surface area (Å²) in [5.74, 6) is 0.420. The van der Waals surface area contributed by atoms with Crippen LogP contribution < -0.4 is 0 Å². The molecule has 1 aromatic carbocycles. The quantitative estimate of drug-likeness (QED) is 0.662. The van der Waals surface area contributed by atoms with Crippen LogP contribution in [-0.4, -0.2) is 51.4 Å². The molecule has 2 aromatic rings. The van der Waals surface area contributed by atoms with Crippen LogP contribution in [-0.2, 0) is 6.42 Å². The lowest BCUT2D eigenvalue weighted by Gasteiger charge is -2.19. The van der Waals surface area contributed by atoms with Crippen LogP contribution in [0.1, 0.15) is 30.2 Å². The maximum atomic E-state index is 13.7. The summed E-state index contributed by atoms with van der Waals surface area (Å²) in [4.78, 5) is 6.21. The number of nitrogens with zero attached hydrogens (tertiary/aromatic N) is 2. The number of hydrogen-bond donors (Lipinski definition) is 3. The molecule has 3 atom stereocenters. The Bertz CT molecular complexity index is 726. The Balaban J connectivity index is 1.50. The summed E-state index contributed by atoms with van der Waals surface area (Å²) in [5.41, 5.74) is 1.26. The molecule has 5 nitrogen and oxygen atoms in total. The molecule has 1 aliphatic heterocycles. The van der Waals surface area contributed by atoms with Gasteiger partial charge in [-0.25, -0.2) is 4.39 Å². The van der Waals surface area contributed by atoms with Crippen LogP contribution in [0.4, 0.5) is 4.39 Å². The first kappa shape index (κ1) is 19.7. The second kappa shape index (κ2) is 9.26. The molecule has 2 heterocycles. The molecule has 0 saturated carbocycles. The molecule has 27 heavy (non-hydrogen) atoms. The number of hydrogen-bond acceptors (Lipinski definition) is 5. The van der Waals surface area contributed by atoms with E-state index in [2.05, 4.69) is 9.88 Å². The highest BCUT2D eigenvalue weighted by molar-refractivity contribution is 5.19. The summed E-state index contributed by atoms with van der Waals surface area (Å²) < 4.78 is 13.7. The van der Waals surface area contributed by atoms with Crippen molar-refractivity contribution in [2.75, 3.05) is 26.2 Å². The van der Waals surface area contributed by atoms with Crippen LogP contribution in [0.25, 0.3) is 0 Å². The summed E-state index contributed by atoms with van der Waals surface area (Å²) in [6.07, 6.45) is 3.08. The minimum Gasteiger partial charge on any atom is -0.506 e. The largest absolute Gasteiger partial charge is 0.506 e. The van der Waals surface area contributed by atoms with Gasteiger partial charge in [-0.05, 0) is 54.9 Å². The van der Waals surface area contributed by atoms with Crippen LogP contribution >= 0.6 is 0 Å². The predicted octanol–water partition coefficient (Wildman–Crippen LogP) is 2.52. The van der Waals surface area contributed by atoms with Crippen molar-refractivity contribution < 1.29 is 19.7 Å². The Morgan fingerprint density at radius 3 is 2.63 bits per heavy atom. The topological polar surface area (TPSA) is 76.8 Å².